The summed E-state index contributed by atoms with van der Waals surface area (Å²) >= 11 is 0. The van der Waals surface area contributed by atoms with Gasteiger partial charge in [-0.2, -0.15) is 0 Å². The Kier molecular flexibility index (Phi) is 2.50. The lowest BCUT2D eigenvalue weighted by Crippen LogP contribution is -2.11. The van der Waals surface area contributed by atoms with E-state index >= 15 is 0 Å². The van der Waals surface area contributed by atoms with Crippen LogP contribution in [0.2, 0.25) is 0 Å². The summed E-state index contributed by atoms with van der Waals surface area (Å²) in [6, 6.07) is 0. The molecule has 0 amide bonds. The van der Waals surface area contributed by atoms with E-state index in [1.807, 2.05) is 6.08 Å². The molecule has 0 aromatic rings. The summed E-state index contributed by atoms with van der Waals surface area (Å²) < 4.78 is 5.64. The molecule has 1 heteroatoms. The van der Waals surface area contributed by atoms with Gasteiger partial charge in [0, 0.05) is 0 Å². The monoisotopic (exact) mass is 140 g/mol. The highest BCUT2D eigenvalue weighted by Crippen LogP contribution is 2.27. The van der Waals surface area contributed by atoms with Crippen molar-refractivity contribution in [3.05, 3.63) is 12.7 Å². The van der Waals surface area contributed by atoms with Crippen LogP contribution in [0.3, 0.4) is 0 Å². The quantitative estimate of drug-likeness (QED) is 0.535. The first-order valence-corrected chi connectivity index (χ1v) is 4.00. The fourth-order valence-electron chi connectivity index (χ4n) is 1.62. The van der Waals surface area contributed by atoms with Crippen molar-refractivity contribution >= 4 is 0 Å². The topological polar surface area (TPSA) is 9.23 Å². The van der Waals surface area contributed by atoms with Gasteiger partial charge in [-0.15, -0.1) is 6.58 Å². The van der Waals surface area contributed by atoms with E-state index in [1.54, 1.807) is 0 Å². The largest absolute Gasteiger partial charge is 0.375 e. The predicted octanol–water partition coefficient (Wildman–Crippen LogP) is 2.38. The van der Waals surface area contributed by atoms with Gasteiger partial charge >= 0.3 is 0 Å². The molecular weight excluding hydrogens is 124 g/mol. The zero-order valence-electron chi connectivity index (χ0n) is 6.84. The molecule has 0 radical (unpaired) electrons. The Morgan fingerprint density at radius 1 is 1.60 bits per heavy atom. The maximum Gasteiger partial charge on any atom is 0.0639 e. The third-order valence-electron chi connectivity index (χ3n) is 2.14. The van der Waals surface area contributed by atoms with Crippen LogP contribution in [0.15, 0.2) is 12.7 Å². The van der Waals surface area contributed by atoms with Gasteiger partial charge in [0.05, 0.1) is 12.2 Å². The van der Waals surface area contributed by atoms with Crippen molar-refractivity contribution in [2.45, 2.75) is 38.9 Å². The molecule has 1 heterocycles. The van der Waals surface area contributed by atoms with Gasteiger partial charge in [-0.25, -0.2) is 0 Å². The summed E-state index contributed by atoms with van der Waals surface area (Å²) in [6.45, 7) is 8.09. The SMILES string of the molecule is C=CCC1OC(C)CC1C. The molecule has 0 spiro atoms. The third-order valence-corrected chi connectivity index (χ3v) is 2.14. The van der Waals surface area contributed by atoms with E-state index in [2.05, 4.69) is 20.4 Å². The number of hydrogen-bond acceptors (Lipinski definition) is 1. The van der Waals surface area contributed by atoms with Gasteiger partial charge in [-0.1, -0.05) is 13.0 Å². The van der Waals surface area contributed by atoms with Crippen molar-refractivity contribution in [1.82, 2.24) is 0 Å². The Morgan fingerprint density at radius 3 is 2.70 bits per heavy atom. The molecule has 10 heavy (non-hydrogen) atoms. The molecule has 1 aliphatic heterocycles. The molecule has 3 atom stereocenters. The first-order chi connectivity index (χ1) is 4.74. The molecule has 1 fully saturated rings. The normalized spacial score (nSPS) is 40.0. The van der Waals surface area contributed by atoms with Crippen LogP contribution in [0.5, 0.6) is 0 Å². The molecule has 0 aromatic carbocycles. The van der Waals surface area contributed by atoms with Gasteiger partial charge < -0.3 is 4.74 Å². The number of rotatable bonds is 2. The minimum Gasteiger partial charge on any atom is -0.375 e. The molecule has 0 aliphatic carbocycles. The highest BCUT2D eigenvalue weighted by atomic mass is 16.5. The lowest BCUT2D eigenvalue weighted by Gasteiger charge is -2.11. The second-order valence-electron chi connectivity index (χ2n) is 3.22. The lowest BCUT2D eigenvalue weighted by atomic mass is 10.0. The molecule has 1 nitrogen and oxygen atoms in total. The minimum absolute atomic E-state index is 0.437. The summed E-state index contributed by atoms with van der Waals surface area (Å²) in [4.78, 5) is 0. The Balaban J connectivity index is 2.38. The van der Waals surface area contributed by atoms with Crippen LogP contribution in [0.25, 0.3) is 0 Å². The van der Waals surface area contributed by atoms with Gasteiger partial charge in [-0.05, 0) is 25.7 Å². The Labute approximate surface area is 63.1 Å². The average Bonchev–Trinajstić information content (AvgIpc) is 2.13. The van der Waals surface area contributed by atoms with Gasteiger partial charge in [0.2, 0.25) is 0 Å². The minimum atomic E-state index is 0.437. The fourth-order valence-corrected chi connectivity index (χ4v) is 1.62. The van der Waals surface area contributed by atoms with E-state index in [4.69, 9.17) is 4.74 Å². The predicted molar refractivity (Wildman–Crippen MR) is 42.9 cm³/mol. The fraction of sp³-hybridized carbons (Fsp3) is 0.778. The smallest absolute Gasteiger partial charge is 0.0639 e. The molecule has 0 saturated carbocycles. The molecule has 3 unspecified atom stereocenters. The molecular formula is C9H16O. The average molecular weight is 140 g/mol. The third kappa shape index (κ3) is 1.60. The summed E-state index contributed by atoms with van der Waals surface area (Å²) in [6.07, 6.45) is 5.05. The van der Waals surface area contributed by atoms with E-state index in [0.29, 0.717) is 18.1 Å². The van der Waals surface area contributed by atoms with Crippen molar-refractivity contribution in [3.63, 3.8) is 0 Å². The summed E-state index contributed by atoms with van der Waals surface area (Å²) in [5.74, 6) is 0.716. The number of ether oxygens (including phenoxy) is 1. The van der Waals surface area contributed by atoms with E-state index in [9.17, 15) is 0 Å². The van der Waals surface area contributed by atoms with Crippen LogP contribution in [-0.2, 0) is 4.74 Å². The van der Waals surface area contributed by atoms with Crippen LogP contribution in [0.1, 0.15) is 26.7 Å². The summed E-state index contributed by atoms with van der Waals surface area (Å²) in [5, 5.41) is 0. The first kappa shape index (κ1) is 7.80. The van der Waals surface area contributed by atoms with Gasteiger partial charge in [0.1, 0.15) is 0 Å². The Hall–Kier alpha value is -0.300. The highest BCUT2D eigenvalue weighted by molar-refractivity contribution is 4.83. The standard InChI is InChI=1S/C9H16O/c1-4-5-9-7(2)6-8(3)10-9/h4,7-9H,1,5-6H2,2-3H3. The van der Waals surface area contributed by atoms with Crippen molar-refractivity contribution in [1.29, 1.82) is 0 Å². The van der Waals surface area contributed by atoms with Crippen LogP contribution < -0.4 is 0 Å². The zero-order valence-corrected chi connectivity index (χ0v) is 6.84. The molecule has 1 aliphatic rings. The highest BCUT2D eigenvalue weighted by Gasteiger charge is 2.27. The van der Waals surface area contributed by atoms with E-state index < -0.39 is 0 Å². The molecule has 1 saturated heterocycles. The molecule has 58 valence electrons. The second kappa shape index (κ2) is 3.20. The lowest BCUT2D eigenvalue weighted by molar-refractivity contribution is 0.0481. The van der Waals surface area contributed by atoms with Gasteiger partial charge in [-0.3, -0.25) is 0 Å². The van der Waals surface area contributed by atoms with E-state index in [1.165, 1.54) is 6.42 Å². The molecule has 0 bridgehead atoms. The Morgan fingerprint density at radius 2 is 2.30 bits per heavy atom. The summed E-state index contributed by atoms with van der Waals surface area (Å²) in [7, 11) is 0. The van der Waals surface area contributed by atoms with Crippen LogP contribution in [0, 0.1) is 5.92 Å². The van der Waals surface area contributed by atoms with E-state index in [-0.39, 0.29) is 0 Å². The zero-order chi connectivity index (χ0) is 7.56. The van der Waals surface area contributed by atoms with Crippen molar-refractivity contribution < 1.29 is 4.74 Å². The van der Waals surface area contributed by atoms with Crippen LogP contribution in [-0.4, -0.2) is 12.2 Å². The van der Waals surface area contributed by atoms with Crippen LogP contribution in [0.4, 0.5) is 0 Å². The first-order valence-electron chi connectivity index (χ1n) is 4.00. The maximum absolute atomic E-state index is 5.64. The maximum atomic E-state index is 5.64. The van der Waals surface area contributed by atoms with Crippen molar-refractivity contribution in [3.8, 4) is 0 Å². The van der Waals surface area contributed by atoms with E-state index in [0.717, 1.165) is 6.42 Å². The number of hydrogen-bond donors (Lipinski definition) is 0. The van der Waals surface area contributed by atoms with Crippen LogP contribution >= 0.6 is 0 Å². The molecule has 0 aromatic heterocycles. The van der Waals surface area contributed by atoms with Gasteiger partial charge in [0.15, 0.2) is 0 Å². The second-order valence-corrected chi connectivity index (χ2v) is 3.22. The van der Waals surface area contributed by atoms with Crippen molar-refractivity contribution in [2.75, 3.05) is 0 Å². The summed E-state index contributed by atoms with van der Waals surface area (Å²) in [5.41, 5.74) is 0. The Bertz CT molecular complexity index is 120. The molecule has 0 N–H and O–H groups in total. The molecule has 1 rings (SSSR count). The van der Waals surface area contributed by atoms with Crippen molar-refractivity contribution in [2.24, 2.45) is 5.92 Å². The van der Waals surface area contributed by atoms with Gasteiger partial charge in [0.25, 0.3) is 0 Å².